The third kappa shape index (κ3) is 5.34. The van der Waals surface area contributed by atoms with E-state index < -0.39 is 0 Å². The van der Waals surface area contributed by atoms with Crippen LogP contribution in [0.3, 0.4) is 0 Å². The number of halogens is 2. The van der Waals surface area contributed by atoms with E-state index in [9.17, 15) is 0 Å². The van der Waals surface area contributed by atoms with Gasteiger partial charge in [0.15, 0.2) is 0 Å². The van der Waals surface area contributed by atoms with Crippen LogP contribution in [-0.4, -0.2) is 0 Å². The number of benzene rings is 1. The molecule has 2 aromatic carbocycles. The Balaban J connectivity index is -0.000000422. The van der Waals surface area contributed by atoms with Crippen molar-refractivity contribution >= 4 is 10.8 Å². The van der Waals surface area contributed by atoms with Crippen LogP contribution in [0.1, 0.15) is 18.9 Å². The number of fused-ring (bicyclic) bond motifs is 1. The van der Waals surface area contributed by atoms with Crippen molar-refractivity contribution in [2.24, 2.45) is 0 Å². The van der Waals surface area contributed by atoms with Crippen molar-refractivity contribution in [3.63, 3.8) is 0 Å². The molecule has 0 bridgehead atoms. The Hall–Kier alpha value is 0.673. The summed E-state index contributed by atoms with van der Waals surface area (Å²) in [6, 6.07) is 13.1. The number of hydrogen-bond donors (Lipinski definition) is 0. The third-order valence-corrected chi connectivity index (χ3v) is 2.22. The van der Waals surface area contributed by atoms with Gasteiger partial charge in [0.1, 0.15) is 0 Å². The number of hydrogen-bond acceptors (Lipinski definition) is 0. The minimum atomic E-state index is 0. The van der Waals surface area contributed by atoms with Crippen molar-refractivity contribution in [1.82, 2.24) is 0 Å². The Morgan fingerprint density at radius 1 is 1.12 bits per heavy atom. The van der Waals surface area contributed by atoms with E-state index in [-0.39, 0.29) is 67.6 Å². The van der Waals surface area contributed by atoms with Gasteiger partial charge in [0.05, 0.1) is 0 Å². The molecule has 0 aliphatic carbocycles. The first-order valence-electron chi connectivity index (χ1n) is 4.54. The van der Waals surface area contributed by atoms with Gasteiger partial charge in [0, 0.05) is 0 Å². The monoisotopic (exact) mass is 420 g/mol. The fourth-order valence-electron chi connectivity index (χ4n) is 1.65. The van der Waals surface area contributed by atoms with Crippen molar-refractivity contribution in [2.75, 3.05) is 0 Å². The van der Waals surface area contributed by atoms with Crippen molar-refractivity contribution in [1.29, 1.82) is 0 Å². The molecule has 0 spiro atoms. The SMILES string of the molecule is CCCc1cc2ccccc2[cH-]1.[Br-].[Br-].[CH3-].[Zr+4]. The summed E-state index contributed by atoms with van der Waals surface area (Å²) in [5.74, 6) is 0. The molecule has 0 atom stereocenters. The van der Waals surface area contributed by atoms with E-state index in [1.807, 2.05) is 0 Å². The van der Waals surface area contributed by atoms with Crippen molar-refractivity contribution in [3.05, 3.63) is 49.4 Å². The van der Waals surface area contributed by atoms with Gasteiger partial charge in [-0.2, -0.15) is 6.07 Å². The topological polar surface area (TPSA) is 0 Å². The van der Waals surface area contributed by atoms with Crippen molar-refractivity contribution < 1.29 is 60.2 Å². The molecule has 0 nitrogen and oxygen atoms in total. The predicted octanol–water partition coefficient (Wildman–Crippen LogP) is -2.03. The minimum Gasteiger partial charge on any atom is -1.00 e. The summed E-state index contributed by atoms with van der Waals surface area (Å²) in [4.78, 5) is 0. The second-order valence-electron chi connectivity index (χ2n) is 3.24. The average Bonchev–Trinajstić information content (AvgIpc) is 2.47. The second-order valence-corrected chi connectivity index (χ2v) is 3.24. The second kappa shape index (κ2) is 10.8. The molecule has 2 aromatic rings. The molecule has 0 heterocycles. The molecule has 86 valence electrons. The summed E-state index contributed by atoms with van der Waals surface area (Å²) >= 11 is 0. The van der Waals surface area contributed by atoms with E-state index in [1.54, 1.807) is 0 Å². The molecular weight excluding hydrogens is 407 g/mol. The predicted molar refractivity (Wildman–Crippen MR) is 60.0 cm³/mol. The molecule has 0 saturated heterocycles. The van der Waals surface area contributed by atoms with Gasteiger partial charge >= 0.3 is 26.2 Å². The molecule has 0 N–H and O–H groups in total. The maximum Gasteiger partial charge on any atom is 4.00 e. The van der Waals surface area contributed by atoms with E-state index in [0.717, 1.165) is 0 Å². The summed E-state index contributed by atoms with van der Waals surface area (Å²) in [5.41, 5.74) is 1.47. The zero-order valence-corrected chi connectivity index (χ0v) is 15.3. The van der Waals surface area contributed by atoms with E-state index in [0.29, 0.717) is 0 Å². The molecule has 0 radical (unpaired) electrons. The summed E-state index contributed by atoms with van der Waals surface area (Å²) in [6.45, 7) is 2.22. The van der Waals surface area contributed by atoms with Gasteiger partial charge in [0.25, 0.3) is 0 Å². The summed E-state index contributed by atoms with van der Waals surface area (Å²) in [5, 5.41) is 2.75. The van der Waals surface area contributed by atoms with Gasteiger partial charge in [-0.3, -0.25) is 0 Å². The van der Waals surface area contributed by atoms with Crippen molar-refractivity contribution in [3.8, 4) is 0 Å². The van der Waals surface area contributed by atoms with Crippen LogP contribution in [-0.2, 0) is 32.6 Å². The minimum absolute atomic E-state index is 0. The normalized spacial score (nSPS) is 8.06. The molecule has 16 heavy (non-hydrogen) atoms. The first-order chi connectivity index (χ1) is 5.90. The Bertz CT molecular complexity index is 349. The molecule has 2 rings (SSSR count). The van der Waals surface area contributed by atoms with Crippen LogP contribution in [0.25, 0.3) is 10.8 Å². The van der Waals surface area contributed by atoms with Crippen LogP contribution in [0.15, 0.2) is 36.4 Å². The molecule has 0 aliphatic rings. The Labute approximate surface area is 139 Å². The van der Waals surface area contributed by atoms with E-state index in [1.165, 1.54) is 29.2 Å². The van der Waals surface area contributed by atoms with Gasteiger partial charge in [-0.05, 0) is 6.42 Å². The summed E-state index contributed by atoms with van der Waals surface area (Å²) < 4.78 is 0. The zero-order valence-electron chi connectivity index (χ0n) is 9.63. The van der Waals surface area contributed by atoms with E-state index in [4.69, 9.17) is 0 Å². The fraction of sp³-hybridized carbons (Fsp3) is 0.231. The van der Waals surface area contributed by atoms with Crippen LogP contribution >= 0.6 is 0 Å². The maximum absolute atomic E-state index is 2.29. The van der Waals surface area contributed by atoms with Crippen LogP contribution in [0, 0.1) is 7.43 Å². The van der Waals surface area contributed by atoms with Crippen molar-refractivity contribution in [2.45, 2.75) is 19.8 Å². The third-order valence-electron chi connectivity index (χ3n) is 2.22. The maximum atomic E-state index is 2.29. The molecule has 0 aliphatic heterocycles. The number of rotatable bonds is 2. The fourth-order valence-corrected chi connectivity index (χ4v) is 1.65. The quantitative estimate of drug-likeness (QED) is 0.489. The van der Waals surface area contributed by atoms with E-state index in [2.05, 4.69) is 43.3 Å². The number of aryl methyl sites for hydroxylation is 1. The van der Waals surface area contributed by atoms with Crippen LogP contribution < -0.4 is 34.0 Å². The smallest absolute Gasteiger partial charge is 1.00 e. The Morgan fingerprint density at radius 3 is 2.31 bits per heavy atom. The molecule has 3 heteroatoms. The Morgan fingerprint density at radius 2 is 1.75 bits per heavy atom. The first-order valence-corrected chi connectivity index (χ1v) is 4.54. The average molecular weight is 423 g/mol. The van der Waals surface area contributed by atoms with E-state index >= 15 is 0 Å². The summed E-state index contributed by atoms with van der Waals surface area (Å²) in [6.07, 6.45) is 2.44. The van der Waals surface area contributed by atoms with Gasteiger partial charge in [-0.15, -0.1) is 40.6 Å². The molecular formula is C13H16Br2Zr. The Kier molecular flexibility index (Phi) is 14.8. The van der Waals surface area contributed by atoms with Gasteiger partial charge in [-0.25, -0.2) is 0 Å². The molecule has 0 amide bonds. The van der Waals surface area contributed by atoms with Crippen LogP contribution in [0.2, 0.25) is 0 Å². The molecule has 0 saturated carbocycles. The van der Waals surface area contributed by atoms with Crippen LogP contribution in [0.5, 0.6) is 0 Å². The zero-order chi connectivity index (χ0) is 8.39. The molecule has 0 aromatic heterocycles. The van der Waals surface area contributed by atoms with Gasteiger partial charge < -0.3 is 41.4 Å². The first kappa shape index (κ1) is 21.9. The molecule has 0 fully saturated rings. The van der Waals surface area contributed by atoms with Crippen LogP contribution in [0.4, 0.5) is 0 Å². The summed E-state index contributed by atoms with van der Waals surface area (Å²) in [7, 11) is 0. The largest absolute Gasteiger partial charge is 4.00 e. The standard InChI is InChI=1S/C12H13.CH3.2BrH.Zr/c1-2-5-10-8-11-6-3-4-7-12(11)9-10;;;;/h3-4,6-9H,2,5H2,1H3;1H3;2*1H;/q2*-1;;;+4/p-2. The molecule has 0 unspecified atom stereocenters. The van der Waals surface area contributed by atoms with Gasteiger partial charge in [-0.1, -0.05) is 19.4 Å². The van der Waals surface area contributed by atoms with Gasteiger partial charge in [0.2, 0.25) is 0 Å².